The number of urea groups is 1. The Balaban J connectivity index is 1.70. The van der Waals surface area contributed by atoms with Gasteiger partial charge in [0.25, 0.3) is 0 Å². The molecule has 0 radical (unpaired) electrons. The SMILES string of the molecule is NC(=O)N1CCC(C(=O)OCCc2ccc(F)cc2)(c2ccccc2)CC1. The first-order chi connectivity index (χ1) is 13.0. The summed E-state index contributed by atoms with van der Waals surface area (Å²) in [6.07, 6.45) is 1.45. The largest absolute Gasteiger partial charge is 0.465 e. The quantitative estimate of drug-likeness (QED) is 0.823. The number of carbonyl (C=O) groups excluding carboxylic acids is 2. The fraction of sp³-hybridized carbons (Fsp3) is 0.333. The van der Waals surface area contributed by atoms with Crippen molar-refractivity contribution in [2.45, 2.75) is 24.7 Å². The molecule has 0 atom stereocenters. The molecule has 0 saturated carbocycles. The Hall–Kier alpha value is -2.89. The van der Waals surface area contributed by atoms with Crippen LogP contribution in [0.5, 0.6) is 0 Å². The summed E-state index contributed by atoms with van der Waals surface area (Å²) in [5.74, 6) is -0.583. The maximum Gasteiger partial charge on any atom is 0.316 e. The predicted octanol–water partition coefficient (Wildman–Crippen LogP) is 3.02. The average Bonchev–Trinajstić information content (AvgIpc) is 2.70. The van der Waals surface area contributed by atoms with Crippen molar-refractivity contribution in [2.75, 3.05) is 19.7 Å². The zero-order chi connectivity index (χ0) is 19.3. The Bertz CT molecular complexity index is 785. The summed E-state index contributed by atoms with van der Waals surface area (Å²) >= 11 is 0. The molecular formula is C21H23FN2O3. The van der Waals surface area contributed by atoms with Gasteiger partial charge in [0.05, 0.1) is 12.0 Å². The van der Waals surface area contributed by atoms with Crippen LogP contribution in [-0.2, 0) is 21.4 Å². The van der Waals surface area contributed by atoms with Gasteiger partial charge in [-0.2, -0.15) is 0 Å². The van der Waals surface area contributed by atoms with E-state index in [2.05, 4.69) is 0 Å². The fourth-order valence-corrected chi connectivity index (χ4v) is 3.53. The van der Waals surface area contributed by atoms with E-state index in [1.807, 2.05) is 30.3 Å². The number of esters is 1. The molecule has 1 aliphatic heterocycles. The number of primary amides is 1. The van der Waals surface area contributed by atoms with Crippen molar-refractivity contribution >= 4 is 12.0 Å². The molecule has 5 nitrogen and oxygen atoms in total. The first kappa shape index (κ1) is 18.9. The topological polar surface area (TPSA) is 72.6 Å². The molecule has 2 aromatic carbocycles. The maximum absolute atomic E-state index is 13.0. The van der Waals surface area contributed by atoms with Crippen molar-refractivity contribution in [3.63, 3.8) is 0 Å². The lowest BCUT2D eigenvalue weighted by Gasteiger charge is -2.39. The predicted molar refractivity (Wildman–Crippen MR) is 99.6 cm³/mol. The van der Waals surface area contributed by atoms with Crippen LogP contribution >= 0.6 is 0 Å². The molecule has 3 rings (SSSR count). The molecule has 6 heteroatoms. The van der Waals surface area contributed by atoms with E-state index in [9.17, 15) is 14.0 Å². The highest BCUT2D eigenvalue weighted by Crippen LogP contribution is 2.37. The molecule has 27 heavy (non-hydrogen) atoms. The third-order valence-corrected chi connectivity index (χ3v) is 5.18. The lowest BCUT2D eigenvalue weighted by Crippen LogP contribution is -2.51. The summed E-state index contributed by atoms with van der Waals surface area (Å²) in [5, 5.41) is 0. The van der Waals surface area contributed by atoms with Crippen LogP contribution in [0.15, 0.2) is 54.6 Å². The second kappa shape index (κ2) is 8.20. The van der Waals surface area contributed by atoms with Gasteiger partial charge in [-0.15, -0.1) is 0 Å². The van der Waals surface area contributed by atoms with E-state index >= 15 is 0 Å². The molecule has 1 heterocycles. The van der Waals surface area contributed by atoms with Gasteiger partial charge < -0.3 is 15.4 Å². The van der Waals surface area contributed by atoms with Crippen LogP contribution in [0.4, 0.5) is 9.18 Å². The van der Waals surface area contributed by atoms with Crippen LogP contribution in [0.25, 0.3) is 0 Å². The number of amides is 2. The van der Waals surface area contributed by atoms with Crippen molar-refractivity contribution in [1.29, 1.82) is 0 Å². The first-order valence-electron chi connectivity index (χ1n) is 9.03. The molecule has 0 aromatic heterocycles. The fourth-order valence-electron chi connectivity index (χ4n) is 3.53. The molecule has 0 spiro atoms. The highest BCUT2D eigenvalue weighted by atomic mass is 19.1. The van der Waals surface area contributed by atoms with Gasteiger partial charge in [0.1, 0.15) is 5.82 Å². The Morgan fingerprint density at radius 2 is 1.67 bits per heavy atom. The number of hydrogen-bond acceptors (Lipinski definition) is 3. The third-order valence-electron chi connectivity index (χ3n) is 5.18. The molecule has 1 aliphatic rings. The number of carbonyl (C=O) groups is 2. The van der Waals surface area contributed by atoms with E-state index in [-0.39, 0.29) is 18.4 Å². The first-order valence-corrected chi connectivity index (χ1v) is 9.03. The molecule has 2 N–H and O–H groups in total. The normalized spacial score (nSPS) is 16.0. The summed E-state index contributed by atoms with van der Waals surface area (Å²) < 4.78 is 18.6. The molecule has 0 aliphatic carbocycles. The van der Waals surface area contributed by atoms with Gasteiger partial charge in [0.2, 0.25) is 0 Å². The molecule has 2 amide bonds. The highest BCUT2D eigenvalue weighted by molar-refractivity contribution is 5.84. The monoisotopic (exact) mass is 370 g/mol. The van der Waals surface area contributed by atoms with E-state index in [0.717, 1.165) is 11.1 Å². The minimum atomic E-state index is -0.782. The Labute approximate surface area is 157 Å². The number of ether oxygens (including phenoxy) is 1. The van der Waals surface area contributed by atoms with Crippen LogP contribution in [0.2, 0.25) is 0 Å². The van der Waals surface area contributed by atoms with Crippen molar-refractivity contribution in [3.8, 4) is 0 Å². The smallest absolute Gasteiger partial charge is 0.316 e. The average molecular weight is 370 g/mol. The van der Waals surface area contributed by atoms with Gasteiger partial charge in [-0.25, -0.2) is 9.18 Å². The van der Waals surface area contributed by atoms with Gasteiger partial charge in [0, 0.05) is 19.5 Å². The molecule has 142 valence electrons. The van der Waals surface area contributed by atoms with Gasteiger partial charge in [0.15, 0.2) is 0 Å². The molecular weight excluding hydrogens is 347 g/mol. The van der Waals surface area contributed by atoms with Crippen molar-refractivity contribution in [3.05, 3.63) is 71.5 Å². The van der Waals surface area contributed by atoms with Crippen LogP contribution in [-0.4, -0.2) is 36.6 Å². The second-order valence-electron chi connectivity index (χ2n) is 6.79. The molecule has 0 unspecified atom stereocenters. The number of benzene rings is 2. The summed E-state index contributed by atoms with van der Waals surface area (Å²) in [7, 11) is 0. The zero-order valence-corrected chi connectivity index (χ0v) is 15.1. The summed E-state index contributed by atoms with van der Waals surface area (Å²) in [4.78, 5) is 26.0. The minimum absolute atomic E-state index is 0.221. The van der Waals surface area contributed by atoms with Gasteiger partial charge >= 0.3 is 12.0 Å². The van der Waals surface area contributed by atoms with E-state index < -0.39 is 11.4 Å². The second-order valence-corrected chi connectivity index (χ2v) is 6.79. The Morgan fingerprint density at radius 3 is 2.26 bits per heavy atom. The number of piperidine rings is 1. The minimum Gasteiger partial charge on any atom is -0.465 e. The van der Waals surface area contributed by atoms with E-state index in [1.165, 1.54) is 12.1 Å². The van der Waals surface area contributed by atoms with E-state index in [4.69, 9.17) is 10.5 Å². The van der Waals surface area contributed by atoms with Crippen LogP contribution < -0.4 is 5.73 Å². The zero-order valence-electron chi connectivity index (χ0n) is 15.1. The number of likely N-dealkylation sites (tertiary alicyclic amines) is 1. The van der Waals surface area contributed by atoms with E-state index in [0.29, 0.717) is 32.4 Å². The lowest BCUT2D eigenvalue weighted by molar-refractivity contribution is -0.152. The summed E-state index contributed by atoms with van der Waals surface area (Å²) in [6.45, 7) is 1.05. The summed E-state index contributed by atoms with van der Waals surface area (Å²) in [6, 6.07) is 15.2. The molecule has 1 saturated heterocycles. The highest BCUT2D eigenvalue weighted by Gasteiger charge is 2.44. The lowest BCUT2D eigenvalue weighted by atomic mass is 9.73. The molecule has 2 aromatic rings. The Morgan fingerprint density at radius 1 is 1.04 bits per heavy atom. The van der Waals surface area contributed by atoms with Crippen LogP contribution in [0, 0.1) is 5.82 Å². The van der Waals surface area contributed by atoms with E-state index in [1.54, 1.807) is 17.0 Å². The van der Waals surface area contributed by atoms with Crippen molar-refractivity contribution < 1.29 is 18.7 Å². The van der Waals surface area contributed by atoms with Crippen molar-refractivity contribution in [1.82, 2.24) is 4.90 Å². The van der Waals surface area contributed by atoms with Gasteiger partial charge in [-0.05, 0) is 36.1 Å². The van der Waals surface area contributed by atoms with Crippen molar-refractivity contribution in [2.24, 2.45) is 5.73 Å². The van der Waals surface area contributed by atoms with Crippen LogP contribution in [0.3, 0.4) is 0 Å². The number of rotatable bonds is 5. The number of hydrogen-bond donors (Lipinski definition) is 1. The maximum atomic E-state index is 13.0. The standard InChI is InChI=1S/C21H23FN2O3/c22-18-8-6-16(7-9-18)10-15-27-19(25)21(17-4-2-1-3-5-17)11-13-24(14-12-21)20(23)26/h1-9H,10-15H2,(H2,23,26). The Kier molecular flexibility index (Phi) is 5.74. The number of nitrogens with two attached hydrogens (primary N) is 1. The molecule has 0 bridgehead atoms. The number of halogens is 1. The van der Waals surface area contributed by atoms with Gasteiger partial charge in [-0.3, -0.25) is 4.79 Å². The summed E-state index contributed by atoms with van der Waals surface area (Å²) in [5.41, 5.74) is 6.38. The molecule has 1 fully saturated rings. The van der Waals surface area contributed by atoms with Gasteiger partial charge in [-0.1, -0.05) is 42.5 Å². The third kappa shape index (κ3) is 4.27. The van der Waals surface area contributed by atoms with Crippen LogP contribution in [0.1, 0.15) is 24.0 Å². The number of nitrogens with zero attached hydrogens (tertiary/aromatic N) is 1.